The van der Waals surface area contributed by atoms with Gasteiger partial charge in [-0.15, -0.1) is 11.8 Å². The van der Waals surface area contributed by atoms with E-state index in [1.54, 1.807) is 11.8 Å². The Labute approximate surface area is 113 Å². The molecular weight excluding hydrogens is 248 g/mol. The van der Waals surface area contributed by atoms with Crippen LogP contribution < -0.4 is 5.32 Å². The summed E-state index contributed by atoms with van der Waals surface area (Å²) >= 11 is 1.79. The fourth-order valence-corrected chi connectivity index (χ4v) is 3.94. The summed E-state index contributed by atoms with van der Waals surface area (Å²) < 4.78 is 0. The van der Waals surface area contributed by atoms with E-state index < -0.39 is 0 Å². The van der Waals surface area contributed by atoms with Gasteiger partial charge in [-0.2, -0.15) is 0 Å². The summed E-state index contributed by atoms with van der Waals surface area (Å²) in [6.07, 6.45) is 3.35. The molecule has 0 aromatic heterocycles. The van der Waals surface area contributed by atoms with Crippen molar-refractivity contribution >= 4 is 17.7 Å². The number of aliphatic hydroxyl groups is 1. The predicted octanol–water partition coefficient (Wildman–Crippen LogP) is 0.701. The molecule has 1 amide bonds. The zero-order valence-corrected chi connectivity index (χ0v) is 11.9. The maximum absolute atomic E-state index is 12.2. The van der Waals surface area contributed by atoms with Gasteiger partial charge in [-0.1, -0.05) is 6.92 Å². The Bertz CT molecular complexity index is 282. The first kappa shape index (κ1) is 14.2. The number of piperidine rings is 1. The number of carbonyl (C=O) groups excluding carboxylic acids is 1. The number of likely N-dealkylation sites (tertiary alicyclic amines) is 1. The Morgan fingerprint density at radius 1 is 1.39 bits per heavy atom. The van der Waals surface area contributed by atoms with Gasteiger partial charge in [0.1, 0.15) is 0 Å². The molecule has 0 spiro atoms. The molecule has 2 heterocycles. The molecule has 2 rings (SSSR count). The van der Waals surface area contributed by atoms with Crippen LogP contribution in [0.5, 0.6) is 0 Å². The van der Waals surface area contributed by atoms with Gasteiger partial charge in [-0.25, -0.2) is 0 Å². The predicted molar refractivity (Wildman–Crippen MR) is 74.7 cm³/mol. The van der Waals surface area contributed by atoms with E-state index in [0.717, 1.165) is 38.9 Å². The zero-order valence-electron chi connectivity index (χ0n) is 11.1. The van der Waals surface area contributed by atoms with E-state index in [9.17, 15) is 9.90 Å². The molecule has 0 aliphatic carbocycles. The number of aliphatic hydroxyl groups excluding tert-OH is 1. The molecule has 18 heavy (non-hydrogen) atoms. The Balaban J connectivity index is 1.77. The van der Waals surface area contributed by atoms with E-state index in [1.807, 2.05) is 4.90 Å². The molecule has 5 heteroatoms. The minimum absolute atomic E-state index is 0.0473. The molecule has 0 radical (unpaired) electrons. The summed E-state index contributed by atoms with van der Waals surface area (Å²) in [6, 6.07) is 0.0473. The number of carbonyl (C=O) groups is 1. The monoisotopic (exact) mass is 272 g/mol. The molecule has 0 aromatic rings. The lowest BCUT2D eigenvalue weighted by Crippen LogP contribution is -2.41. The van der Waals surface area contributed by atoms with E-state index in [0.29, 0.717) is 16.9 Å². The number of nitrogens with zero attached hydrogens (tertiary/aromatic N) is 1. The van der Waals surface area contributed by atoms with Crippen molar-refractivity contribution in [2.75, 3.05) is 32.0 Å². The number of hydrogen-bond acceptors (Lipinski definition) is 4. The topological polar surface area (TPSA) is 52.6 Å². The standard InChI is InChI=1S/C13H24N2O2S/c1-10-4-7-15(12(10)8-16)13(17)9-18-11-2-5-14-6-3-11/h10-12,14,16H,2-9H2,1H3. The van der Waals surface area contributed by atoms with Crippen LogP contribution in [-0.4, -0.2) is 59.2 Å². The van der Waals surface area contributed by atoms with Gasteiger partial charge in [0, 0.05) is 11.8 Å². The third-order valence-corrected chi connectivity index (χ3v) is 5.48. The minimum atomic E-state index is 0.0473. The van der Waals surface area contributed by atoms with Crippen molar-refractivity contribution < 1.29 is 9.90 Å². The Morgan fingerprint density at radius 3 is 2.78 bits per heavy atom. The number of nitrogens with one attached hydrogen (secondary N) is 1. The van der Waals surface area contributed by atoms with E-state index in [2.05, 4.69) is 12.2 Å². The van der Waals surface area contributed by atoms with Crippen LogP contribution in [0, 0.1) is 5.92 Å². The van der Waals surface area contributed by atoms with Crippen molar-refractivity contribution in [2.45, 2.75) is 37.5 Å². The first-order valence-electron chi connectivity index (χ1n) is 6.95. The van der Waals surface area contributed by atoms with Gasteiger partial charge in [0.2, 0.25) is 5.91 Å². The van der Waals surface area contributed by atoms with Crippen LogP contribution in [0.1, 0.15) is 26.2 Å². The van der Waals surface area contributed by atoms with Crippen LogP contribution in [0.4, 0.5) is 0 Å². The maximum atomic E-state index is 12.2. The van der Waals surface area contributed by atoms with Crippen LogP contribution in [0.3, 0.4) is 0 Å². The lowest BCUT2D eigenvalue weighted by atomic mass is 10.0. The lowest BCUT2D eigenvalue weighted by molar-refractivity contribution is -0.130. The number of thioether (sulfide) groups is 1. The lowest BCUT2D eigenvalue weighted by Gasteiger charge is -2.27. The SMILES string of the molecule is CC1CCN(C(=O)CSC2CCNCC2)C1CO. The molecule has 2 fully saturated rings. The van der Waals surface area contributed by atoms with Gasteiger partial charge >= 0.3 is 0 Å². The summed E-state index contributed by atoms with van der Waals surface area (Å²) in [6.45, 7) is 5.19. The summed E-state index contributed by atoms with van der Waals surface area (Å²) in [5.41, 5.74) is 0. The first-order chi connectivity index (χ1) is 8.72. The van der Waals surface area contributed by atoms with Crippen molar-refractivity contribution in [3.63, 3.8) is 0 Å². The smallest absolute Gasteiger partial charge is 0.232 e. The molecule has 2 atom stereocenters. The molecule has 2 saturated heterocycles. The third kappa shape index (κ3) is 3.39. The zero-order chi connectivity index (χ0) is 13.0. The third-order valence-electron chi connectivity index (χ3n) is 4.12. The van der Waals surface area contributed by atoms with Gasteiger partial charge in [-0.3, -0.25) is 4.79 Å². The van der Waals surface area contributed by atoms with Crippen LogP contribution >= 0.6 is 11.8 Å². The molecule has 2 unspecified atom stereocenters. The highest BCUT2D eigenvalue weighted by Gasteiger charge is 2.33. The van der Waals surface area contributed by atoms with E-state index in [1.165, 1.54) is 0 Å². The summed E-state index contributed by atoms with van der Waals surface area (Å²) in [7, 11) is 0. The highest BCUT2D eigenvalue weighted by atomic mass is 32.2. The molecule has 0 aromatic carbocycles. The molecule has 4 nitrogen and oxygen atoms in total. The van der Waals surface area contributed by atoms with Crippen molar-refractivity contribution in [1.29, 1.82) is 0 Å². The number of amides is 1. The maximum Gasteiger partial charge on any atom is 0.232 e. The summed E-state index contributed by atoms with van der Waals surface area (Å²) in [5.74, 6) is 1.22. The molecule has 104 valence electrons. The van der Waals surface area contributed by atoms with E-state index in [-0.39, 0.29) is 18.6 Å². The van der Waals surface area contributed by atoms with Crippen molar-refractivity contribution in [3.8, 4) is 0 Å². The molecule has 0 saturated carbocycles. The Morgan fingerprint density at radius 2 is 2.11 bits per heavy atom. The second kappa shape index (κ2) is 6.78. The molecule has 2 aliphatic heterocycles. The highest BCUT2D eigenvalue weighted by Crippen LogP contribution is 2.26. The molecule has 0 bridgehead atoms. The molecule has 2 aliphatic rings. The quantitative estimate of drug-likeness (QED) is 0.791. The van der Waals surface area contributed by atoms with Crippen molar-refractivity contribution in [2.24, 2.45) is 5.92 Å². The van der Waals surface area contributed by atoms with Crippen LogP contribution in [-0.2, 0) is 4.79 Å². The van der Waals surface area contributed by atoms with Crippen LogP contribution in [0.15, 0.2) is 0 Å². The Kier molecular flexibility index (Phi) is 5.33. The van der Waals surface area contributed by atoms with E-state index in [4.69, 9.17) is 0 Å². The summed E-state index contributed by atoms with van der Waals surface area (Å²) in [5, 5.41) is 13.3. The van der Waals surface area contributed by atoms with E-state index >= 15 is 0 Å². The first-order valence-corrected chi connectivity index (χ1v) is 8.00. The second-order valence-electron chi connectivity index (χ2n) is 5.36. The van der Waals surface area contributed by atoms with Gasteiger partial charge in [0.25, 0.3) is 0 Å². The Hall–Kier alpha value is -0.260. The van der Waals surface area contributed by atoms with Crippen molar-refractivity contribution in [3.05, 3.63) is 0 Å². The average molecular weight is 272 g/mol. The fourth-order valence-electron chi connectivity index (χ4n) is 2.83. The molecular formula is C13H24N2O2S. The fraction of sp³-hybridized carbons (Fsp3) is 0.923. The summed E-state index contributed by atoms with van der Waals surface area (Å²) in [4.78, 5) is 14.1. The second-order valence-corrected chi connectivity index (χ2v) is 6.65. The van der Waals surface area contributed by atoms with Gasteiger partial charge in [0.15, 0.2) is 0 Å². The largest absolute Gasteiger partial charge is 0.394 e. The number of rotatable bonds is 4. The van der Waals surface area contributed by atoms with Crippen LogP contribution in [0.2, 0.25) is 0 Å². The van der Waals surface area contributed by atoms with Crippen LogP contribution in [0.25, 0.3) is 0 Å². The van der Waals surface area contributed by atoms with Gasteiger partial charge in [-0.05, 0) is 38.3 Å². The minimum Gasteiger partial charge on any atom is -0.394 e. The van der Waals surface area contributed by atoms with Crippen molar-refractivity contribution in [1.82, 2.24) is 10.2 Å². The van der Waals surface area contributed by atoms with Gasteiger partial charge < -0.3 is 15.3 Å². The highest BCUT2D eigenvalue weighted by molar-refractivity contribution is 8.00. The number of hydrogen-bond donors (Lipinski definition) is 2. The average Bonchev–Trinajstić information content (AvgIpc) is 2.78. The molecule has 2 N–H and O–H groups in total. The normalized spacial score (nSPS) is 29.8. The van der Waals surface area contributed by atoms with Gasteiger partial charge in [0.05, 0.1) is 18.4 Å².